The van der Waals surface area contributed by atoms with Crippen molar-refractivity contribution in [2.24, 2.45) is 0 Å². The summed E-state index contributed by atoms with van der Waals surface area (Å²) in [7, 11) is -4.24. The number of carbonyl (C=O) groups is 2. The number of aryl methyl sites for hydroxylation is 1. The average molecular weight is 554 g/mol. The predicted molar refractivity (Wildman–Crippen MR) is 151 cm³/mol. The van der Waals surface area contributed by atoms with Crippen molar-refractivity contribution in [3.63, 3.8) is 0 Å². The lowest BCUT2D eigenvalue weighted by atomic mass is 10.1. The molecule has 2 amide bonds. The van der Waals surface area contributed by atoms with Gasteiger partial charge in [0.05, 0.1) is 10.6 Å². The maximum atomic E-state index is 13.8. The molecule has 0 unspecified atom stereocenters. The zero-order valence-electron chi connectivity index (χ0n) is 23.0. The van der Waals surface area contributed by atoms with Crippen LogP contribution in [0.3, 0.4) is 0 Å². The Kier molecular flexibility index (Phi) is 9.50. The normalized spacial score (nSPS) is 12.5. The molecule has 0 aromatic heterocycles. The molecule has 208 valence electrons. The molecule has 0 spiro atoms. The van der Waals surface area contributed by atoms with E-state index in [1.165, 1.54) is 17.0 Å². The molecule has 0 heterocycles. The number of hydrogen-bond acceptors (Lipinski definition) is 4. The molecule has 3 rings (SSSR count). The quantitative estimate of drug-likeness (QED) is 0.394. The molecule has 0 aliphatic heterocycles. The van der Waals surface area contributed by atoms with Gasteiger partial charge < -0.3 is 10.2 Å². The first kappa shape index (κ1) is 29.8. The van der Waals surface area contributed by atoms with Crippen LogP contribution >= 0.6 is 0 Å². The minimum atomic E-state index is -4.24. The monoisotopic (exact) mass is 553 g/mol. The van der Waals surface area contributed by atoms with Crippen molar-refractivity contribution in [1.82, 2.24) is 10.2 Å². The van der Waals surface area contributed by atoms with E-state index in [0.717, 1.165) is 27.6 Å². The molecule has 9 heteroatoms. The van der Waals surface area contributed by atoms with Crippen LogP contribution in [0.1, 0.15) is 38.8 Å². The molecular weight excluding hydrogens is 517 g/mol. The summed E-state index contributed by atoms with van der Waals surface area (Å²) in [4.78, 5) is 28.2. The Hall–Kier alpha value is -3.72. The number of hydrogen-bond donors (Lipinski definition) is 1. The third-order valence-corrected chi connectivity index (χ3v) is 7.94. The Morgan fingerprint density at radius 1 is 0.923 bits per heavy atom. The van der Waals surface area contributed by atoms with Gasteiger partial charge in [-0.3, -0.25) is 13.9 Å². The molecule has 0 bridgehead atoms. The molecule has 0 aliphatic carbocycles. The number of amides is 2. The van der Waals surface area contributed by atoms with Gasteiger partial charge in [-0.05, 0) is 83.0 Å². The minimum absolute atomic E-state index is 0.147. The first-order valence-corrected chi connectivity index (χ1v) is 14.2. The van der Waals surface area contributed by atoms with E-state index in [1.807, 2.05) is 58.0 Å². The molecular formula is C30H36FN3O4S. The van der Waals surface area contributed by atoms with E-state index in [-0.39, 0.29) is 23.0 Å². The van der Waals surface area contributed by atoms with Crippen LogP contribution in [0.4, 0.5) is 10.1 Å². The van der Waals surface area contributed by atoms with Gasteiger partial charge in [-0.15, -0.1) is 0 Å². The van der Waals surface area contributed by atoms with E-state index in [9.17, 15) is 22.4 Å². The second kappa shape index (κ2) is 12.4. The molecule has 0 fully saturated rings. The van der Waals surface area contributed by atoms with Gasteiger partial charge in [0.2, 0.25) is 11.8 Å². The summed E-state index contributed by atoms with van der Waals surface area (Å²) < 4.78 is 42.0. The zero-order valence-corrected chi connectivity index (χ0v) is 23.8. The highest BCUT2D eigenvalue weighted by Crippen LogP contribution is 2.25. The van der Waals surface area contributed by atoms with Crippen LogP contribution in [0.2, 0.25) is 0 Å². The third kappa shape index (κ3) is 8.13. The van der Waals surface area contributed by atoms with Crippen LogP contribution < -0.4 is 9.62 Å². The van der Waals surface area contributed by atoms with Crippen molar-refractivity contribution in [3.05, 3.63) is 95.8 Å². The molecule has 7 nitrogen and oxygen atoms in total. The van der Waals surface area contributed by atoms with Crippen LogP contribution in [0.25, 0.3) is 0 Å². The summed E-state index contributed by atoms with van der Waals surface area (Å²) in [5.41, 5.74) is 1.67. The van der Waals surface area contributed by atoms with Gasteiger partial charge in [0.15, 0.2) is 0 Å². The molecule has 1 N–H and O–H groups in total. The predicted octanol–water partition coefficient (Wildman–Crippen LogP) is 4.70. The Balaban J connectivity index is 1.98. The zero-order chi connectivity index (χ0) is 28.8. The highest BCUT2D eigenvalue weighted by Gasteiger charge is 2.33. The molecule has 1 atom stereocenters. The number of anilines is 1. The summed E-state index contributed by atoms with van der Waals surface area (Å²) in [6.45, 7) is 8.72. The number of benzene rings is 3. The first-order chi connectivity index (χ1) is 18.3. The maximum Gasteiger partial charge on any atom is 0.264 e. The largest absolute Gasteiger partial charge is 0.350 e. The summed E-state index contributed by atoms with van der Waals surface area (Å²) in [6, 6.07) is 19.9. The Morgan fingerprint density at radius 3 is 2.08 bits per heavy atom. The summed E-state index contributed by atoms with van der Waals surface area (Å²) in [5.74, 6) is -1.45. The highest BCUT2D eigenvalue weighted by molar-refractivity contribution is 7.92. The van der Waals surface area contributed by atoms with Gasteiger partial charge in [-0.1, -0.05) is 48.0 Å². The Morgan fingerprint density at radius 2 is 1.51 bits per heavy atom. The standard InChI is InChI=1S/C30H36FN3O4S/c1-22-11-15-26(16-12-22)34(39(37,38)27-17-13-25(31)14-18-27)21-28(35)33(20-19-24-9-7-6-8-10-24)23(2)29(36)32-30(3,4)5/h6-18,23H,19-21H2,1-5H3,(H,32,36)/t23-/m0/s1. The van der Waals surface area contributed by atoms with Crippen molar-refractivity contribution in [2.75, 3.05) is 17.4 Å². The van der Waals surface area contributed by atoms with Crippen molar-refractivity contribution in [3.8, 4) is 0 Å². The van der Waals surface area contributed by atoms with E-state index < -0.39 is 39.9 Å². The van der Waals surface area contributed by atoms with Crippen molar-refractivity contribution >= 4 is 27.5 Å². The number of sulfonamides is 1. The van der Waals surface area contributed by atoms with Gasteiger partial charge in [-0.25, -0.2) is 12.8 Å². The van der Waals surface area contributed by atoms with Gasteiger partial charge in [0, 0.05) is 12.1 Å². The summed E-state index contributed by atoms with van der Waals surface area (Å²) in [6.07, 6.45) is 0.481. The van der Waals surface area contributed by atoms with E-state index in [0.29, 0.717) is 6.42 Å². The second-order valence-corrected chi connectivity index (χ2v) is 12.4. The topological polar surface area (TPSA) is 86.8 Å². The van der Waals surface area contributed by atoms with Crippen LogP contribution in [0, 0.1) is 12.7 Å². The molecule has 0 radical (unpaired) electrons. The fraction of sp³-hybridized carbons (Fsp3) is 0.333. The van der Waals surface area contributed by atoms with Crippen molar-refractivity contribution < 1.29 is 22.4 Å². The molecule has 0 saturated carbocycles. The fourth-order valence-corrected chi connectivity index (χ4v) is 5.43. The molecule has 0 saturated heterocycles. The fourth-order valence-electron chi connectivity index (χ4n) is 4.02. The van der Waals surface area contributed by atoms with Crippen molar-refractivity contribution in [1.29, 1.82) is 0 Å². The third-order valence-electron chi connectivity index (χ3n) is 6.15. The van der Waals surface area contributed by atoms with E-state index in [4.69, 9.17) is 0 Å². The van der Waals surface area contributed by atoms with Gasteiger partial charge in [-0.2, -0.15) is 0 Å². The Bertz CT molecular complexity index is 1370. The van der Waals surface area contributed by atoms with Crippen LogP contribution in [0.5, 0.6) is 0 Å². The average Bonchev–Trinajstić information content (AvgIpc) is 2.87. The van der Waals surface area contributed by atoms with Crippen LogP contribution in [0.15, 0.2) is 83.8 Å². The number of nitrogens with one attached hydrogen (secondary N) is 1. The van der Waals surface area contributed by atoms with Gasteiger partial charge in [0.1, 0.15) is 18.4 Å². The van der Waals surface area contributed by atoms with E-state index >= 15 is 0 Å². The molecule has 39 heavy (non-hydrogen) atoms. The van der Waals surface area contributed by atoms with Gasteiger partial charge in [0.25, 0.3) is 10.0 Å². The Labute approximate surface area is 230 Å². The molecule has 3 aromatic rings. The van der Waals surface area contributed by atoms with Gasteiger partial charge >= 0.3 is 0 Å². The minimum Gasteiger partial charge on any atom is -0.350 e. The molecule has 3 aromatic carbocycles. The summed E-state index contributed by atoms with van der Waals surface area (Å²) >= 11 is 0. The lowest BCUT2D eigenvalue weighted by Crippen LogP contribution is -2.55. The lowest BCUT2D eigenvalue weighted by molar-refractivity contribution is -0.139. The second-order valence-electron chi connectivity index (χ2n) is 10.5. The molecule has 0 aliphatic rings. The van der Waals surface area contributed by atoms with E-state index in [1.54, 1.807) is 31.2 Å². The number of nitrogens with zero attached hydrogens (tertiary/aromatic N) is 2. The number of rotatable bonds is 10. The van der Waals surface area contributed by atoms with E-state index in [2.05, 4.69) is 5.32 Å². The van der Waals surface area contributed by atoms with Crippen LogP contribution in [-0.2, 0) is 26.0 Å². The number of carbonyl (C=O) groups excluding carboxylic acids is 2. The van der Waals surface area contributed by atoms with Crippen molar-refractivity contribution in [2.45, 2.75) is 57.5 Å². The van der Waals surface area contributed by atoms with Crippen LogP contribution in [-0.4, -0.2) is 49.8 Å². The highest BCUT2D eigenvalue weighted by atomic mass is 32.2. The smallest absolute Gasteiger partial charge is 0.264 e. The summed E-state index contributed by atoms with van der Waals surface area (Å²) in [5, 5.41) is 2.90. The number of halogens is 1. The SMILES string of the molecule is Cc1ccc(N(CC(=O)N(CCc2ccccc2)[C@@H](C)C(=O)NC(C)(C)C)S(=O)(=O)c2ccc(F)cc2)cc1. The maximum absolute atomic E-state index is 13.8. The first-order valence-electron chi connectivity index (χ1n) is 12.8. The lowest BCUT2D eigenvalue weighted by Gasteiger charge is -2.33.